The number of aromatic nitrogens is 2. The van der Waals surface area contributed by atoms with Crippen LogP contribution in [0.1, 0.15) is 13.8 Å². The minimum atomic E-state index is -1.18. The van der Waals surface area contributed by atoms with Crippen molar-refractivity contribution in [2.75, 3.05) is 38.2 Å². The van der Waals surface area contributed by atoms with Gasteiger partial charge < -0.3 is 14.5 Å². The van der Waals surface area contributed by atoms with E-state index in [0.29, 0.717) is 37.4 Å². The summed E-state index contributed by atoms with van der Waals surface area (Å²) in [6, 6.07) is 16.6. The molecule has 0 aliphatic carbocycles. The fourth-order valence-corrected chi connectivity index (χ4v) is 4.11. The largest absolute Gasteiger partial charge is 0.495 e. The van der Waals surface area contributed by atoms with Gasteiger partial charge in [0.15, 0.2) is 0 Å². The molecule has 1 saturated heterocycles. The van der Waals surface area contributed by atoms with E-state index >= 15 is 0 Å². The van der Waals surface area contributed by atoms with Crippen molar-refractivity contribution in [1.29, 1.82) is 0 Å². The maximum absolute atomic E-state index is 13.5. The summed E-state index contributed by atoms with van der Waals surface area (Å²) in [7, 11) is 1.64. The Morgan fingerprint density at radius 3 is 2.30 bits per heavy atom. The predicted molar refractivity (Wildman–Crippen MR) is 125 cm³/mol. The monoisotopic (exact) mass is 450 g/mol. The molecule has 0 atom stereocenters. The highest BCUT2D eigenvalue weighted by molar-refractivity contribution is 5.84. The zero-order valence-corrected chi connectivity index (χ0v) is 19.0. The molecule has 0 N–H and O–H groups in total. The van der Waals surface area contributed by atoms with Crippen molar-refractivity contribution in [3.05, 3.63) is 76.8 Å². The van der Waals surface area contributed by atoms with Crippen LogP contribution in [0.15, 0.2) is 65.5 Å². The smallest absolute Gasteiger partial charge is 0.267 e. The molecule has 0 spiro atoms. The van der Waals surface area contributed by atoms with Gasteiger partial charge in [0.05, 0.1) is 18.5 Å². The predicted octanol–water partition coefficient (Wildman–Crippen LogP) is 3.14. The summed E-state index contributed by atoms with van der Waals surface area (Å²) < 4.78 is 20.0. The van der Waals surface area contributed by atoms with Gasteiger partial charge in [0.25, 0.3) is 5.56 Å². The molecule has 0 radical (unpaired) electrons. The highest BCUT2D eigenvalue weighted by Crippen LogP contribution is 2.29. The van der Waals surface area contributed by atoms with Crippen LogP contribution in [0.5, 0.6) is 5.75 Å². The number of hydrogen-bond donors (Lipinski definition) is 0. The maximum atomic E-state index is 13.5. The van der Waals surface area contributed by atoms with Crippen molar-refractivity contribution < 1.29 is 13.9 Å². The third kappa shape index (κ3) is 4.46. The number of methoxy groups -OCH3 is 1. The van der Waals surface area contributed by atoms with Gasteiger partial charge >= 0.3 is 0 Å². The Morgan fingerprint density at radius 1 is 0.970 bits per heavy atom. The molecule has 3 aromatic rings. The van der Waals surface area contributed by atoms with Gasteiger partial charge in [-0.1, -0.05) is 12.1 Å². The van der Waals surface area contributed by atoms with Gasteiger partial charge in [0, 0.05) is 37.8 Å². The molecule has 1 aliphatic heterocycles. The SMILES string of the molecule is COc1ccccc1N1CCN(C(=O)C(C)(C)n2nc(-c3ccc(F)cc3)ccc2=O)CC1. The van der Waals surface area contributed by atoms with E-state index in [0.717, 1.165) is 11.4 Å². The first-order valence-electron chi connectivity index (χ1n) is 10.9. The number of rotatable bonds is 5. The van der Waals surface area contributed by atoms with Gasteiger partial charge in [0.2, 0.25) is 5.91 Å². The van der Waals surface area contributed by atoms with Crippen LogP contribution in [0.25, 0.3) is 11.3 Å². The van der Waals surface area contributed by atoms with Crippen LogP contribution in [0, 0.1) is 5.82 Å². The highest BCUT2D eigenvalue weighted by Gasteiger charge is 2.37. The number of anilines is 1. The Labute approximate surface area is 192 Å². The Bertz CT molecular complexity index is 1200. The Hall–Kier alpha value is -3.68. The number of ether oxygens (including phenoxy) is 1. The van der Waals surface area contributed by atoms with Gasteiger partial charge in [0.1, 0.15) is 17.1 Å². The Morgan fingerprint density at radius 2 is 1.64 bits per heavy atom. The molecule has 0 saturated carbocycles. The number of hydrogen-bond acceptors (Lipinski definition) is 5. The average Bonchev–Trinajstić information content (AvgIpc) is 2.84. The molecule has 1 amide bonds. The molecular formula is C25H27FN4O3. The first-order chi connectivity index (χ1) is 15.8. The van der Waals surface area contributed by atoms with Crippen molar-refractivity contribution >= 4 is 11.6 Å². The van der Waals surface area contributed by atoms with Gasteiger partial charge in [-0.2, -0.15) is 5.10 Å². The molecular weight excluding hydrogens is 423 g/mol. The van der Waals surface area contributed by atoms with Crippen LogP contribution in [-0.2, 0) is 10.3 Å². The minimum absolute atomic E-state index is 0.173. The van der Waals surface area contributed by atoms with Crippen LogP contribution in [-0.4, -0.2) is 53.9 Å². The molecule has 7 nitrogen and oxygen atoms in total. The standard InChI is InChI=1S/C25H27FN4O3/c1-25(2,30-23(31)13-12-20(27-30)18-8-10-19(26)11-9-18)24(32)29-16-14-28(15-17-29)21-6-4-5-7-22(21)33-3/h4-13H,14-17H2,1-3H3. The highest BCUT2D eigenvalue weighted by atomic mass is 19.1. The second kappa shape index (κ2) is 9.05. The van der Waals surface area contributed by atoms with Gasteiger partial charge in [-0.3, -0.25) is 9.59 Å². The van der Waals surface area contributed by atoms with Gasteiger partial charge in [-0.15, -0.1) is 0 Å². The van der Waals surface area contributed by atoms with E-state index in [-0.39, 0.29) is 17.3 Å². The molecule has 8 heteroatoms. The Balaban J connectivity index is 1.53. The number of amides is 1. The topological polar surface area (TPSA) is 67.7 Å². The van der Waals surface area contributed by atoms with Gasteiger partial charge in [-0.05, 0) is 56.3 Å². The van der Waals surface area contributed by atoms with Gasteiger partial charge in [-0.25, -0.2) is 9.07 Å². The maximum Gasteiger partial charge on any atom is 0.267 e. The van der Waals surface area contributed by atoms with E-state index in [1.54, 1.807) is 44.1 Å². The molecule has 2 heterocycles. The zero-order chi connectivity index (χ0) is 23.6. The van der Waals surface area contributed by atoms with Crippen LogP contribution in [0.3, 0.4) is 0 Å². The van der Waals surface area contributed by atoms with Crippen LogP contribution in [0.4, 0.5) is 10.1 Å². The summed E-state index contributed by atoms with van der Waals surface area (Å²) in [4.78, 5) is 30.1. The quantitative estimate of drug-likeness (QED) is 0.598. The van der Waals surface area contributed by atoms with E-state index < -0.39 is 5.54 Å². The summed E-state index contributed by atoms with van der Waals surface area (Å²) in [5, 5.41) is 4.45. The number of piperazine rings is 1. The van der Waals surface area contributed by atoms with Crippen LogP contribution < -0.4 is 15.2 Å². The van der Waals surface area contributed by atoms with E-state index in [9.17, 15) is 14.0 Å². The molecule has 0 unspecified atom stereocenters. The fourth-order valence-electron chi connectivity index (χ4n) is 4.11. The van der Waals surface area contributed by atoms with E-state index in [4.69, 9.17) is 4.74 Å². The first kappa shape index (κ1) is 22.5. The third-order valence-corrected chi connectivity index (χ3v) is 5.99. The number of carbonyl (C=O) groups is 1. The molecule has 172 valence electrons. The lowest BCUT2D eigenvalue weighted by molar-refractivity contribution is -0.140. The lowest BCUT2D eigenvalue weighted by Crippen LogP contribution is -2.56. The van der Waals surface area contributed by atoms with E-state index in [1.165, 1.54) is 22.9 Å². The van der Waals surface area contributed by atoms with E-state index in [1.807, 2.05) is 24.3 Å². The zero-order valence-electron chi connectivity index (χ0n) is 19.0. The molecule has 1 aliphatic rings. The molecule has 0 bridgehead atoms. The van der Waals surface area contributed by atoms with E-state index in [2.05, 4.69) is 10.00 Å². The average molecular weight is 451 g/mol. The molecule has 1 fully saturated rings. The van der Waals surface area contributed by atoms with Crippen LogP contribution >= 0.6 is 0 Å². The number of benzene rings is 2. The number of carbonyl (C=O) groups excluding carboxylic acids is 1. The van der Waals surface area contributed by atoms with Crippen molar-refractivity contribution in [3.63, 3.8) is 0 Å². The summed E-state index contributed by atoms with van der Waals surface area (Å²) in [5.74, 6) is 0.272. The molecule has 33 heavy (non-hydrogen) atoms. The van der Waals surface area contributed by atoms with Crippen molar-refractivity contribution in [2.24, 2.45) is 0 Å². The first-order valence-corrected chi connectivity index (χ1v) is 10.9. The summed E-state index contributed by atoms with van der Waals surface area (Å²) in [5.41, 5.74) is 0.609. The van der Waals surface area contributed by atoms with Crippen molar-refractivity contribution in [2.45, 2.75) is 19.4 Å². The number of para-hydroxylation sites is 2. The lowest BCUT2D eigenvalue weighted by Gasteiger charge is -2.39. The molecule has 1 aromatic heterocycles. The summed E-state index contributed by atoms with van der Waals surface area (Å²) in [6.07, 6.45) is 0. The Kier molecular flexibility index (Phi) is 6.18. The van der Waals surface area contributed by atoms with Crippen molar-refractivity contribution in [1.82, 2.24) is 14.7 Å². The third-order valence-electron chi connectivity index (χ3n) is 5.99. The summed E-state index contributed by atoms with van der Waals surface area (Å²) >= 11 is 0. The molecule has 4 rings (SSSR count). The van der Waals surface area contributed by atoms with Crippen molar-refractivity contribution in [3.8, 4) is 17.0 Å². The second-order valence-corrected chi connectivity index (χ2v) is 8.49. The normalized spacial score (nSPS) is 14.3. The minimum Gasteiger partial charge on any atom is -0.495 e. The summed E-state index contributed by atoms with van der Waals surface area (Å²) in [6.45, 7) is 5.75. The van der Waals surface area contributed by atoms with Crippen LogP contribution in [0.2, 0.25) is 0 Å². The number of nitrogens with zero attached hydrogens (tertiary/aromatic N) is 4. The fraction of sp³-hybridized carbons (Fsp3) is 0.320. The molecule has 2 aromatic carbocycles. The number of halogens is 1. The lowest BCUT2D eigenvalue weighted by atomic mass is 10.0. The second-order valence-electron chi connectivity index (χ2n) is 8.49.